The van der Waals surface area contributed by atoms with Crippen LogP contribution in [0.3, 0.4) is 0 Å². The van der Waals surface area contributed by atoms with Crippen LogP contribution in [0.15, 0.2) is 48.8 Å². The van der Waals surface area contributed by atoms with Gasteiger partial charge >= 0.3 is 0 Å². The maximum absolute atomic E-state index is 12.5. The van der Waals surface area contributed by atoms with Crippen molar-refractivity contribution < 1.29 is 9.59 Å². The van der Waals surface area contributed by atoms with Crippen LogP contribution in [-0.2, 0) is 6.42 Å². The summed E-state index contributed by atoms with van der Waals surface area (Å²) in [6.07, 6.45) is 10.6. The van der Waals surface area contributed by atoms with Gasteiger partial charge in [-0.2, -0.15) is 0 Å². The Hall–Kier alpha value is -2.69. The molecule has 1 saturated carbocycles. The highest BCUT2D eigenvalue weighted by Gasteiger charge is 2.17. The number of nitrogens with zero attached hydrogens (tertiary/aromatic N) is 1. The van der Waals surface area contributed by atoms with Crippen LogP contribution in [0.2, 0.25) is 0 Å². The normalized spacial score (nSPS) is 15.0. The number of aromatic nitrogens is 1. The lowest BCUT2D eigenvalue weighted by atomic mass is 10.1. The van der Waals surface area contributed by atoms with Gasteiger partial charge in [0.05, 0.1) is 11.1 Å². The fourth-order valence-electron chi connectivity index (χ4n) is 3.45. The van der Waals surface area contributed by atoms with Crippen LogP contribution >= 0.6 is 0 Å². The van der Waals surface area contributed by atoms with E-state index in [0.717, 1.165) is 32.1 Å². The number of carbonyl (C=O) groups excluding carboxylic acids is 2. The molecule has 0 saturated heterocycles. The zero-order chi connectivity index (χ0) is 18.9. The Balaban J connectivity index is 1.54. The summed E-state index contributed by atoms with van der Waals surface area (Å²) in [7, 11) is 0. The standard InChI is InChI=1S/C22H27N3O2/c26-21(24-13-12-17-8-4-3-5-9-17)18-14-19(16-23-15-18)22(27)25-20-10-6-1-2-7-11-20/h3-5,8-9,14-16,20H,1-2,6-7,10-13H2,(H,24,26)(H,25,27). The SMILES string of the molecule is O=C(NCCc1ccccc1)c1cncc(C(=O)NC2CCCCCC2)c1. The molecule has 1 aromatic carbocycles. The van der Waals surface area contributed by atoms with E-state index in [1.807, 2.05) is 30.3 Å². The van der Waals surface area contributed by atoms with Gasteiger partial charge in [0.15, 0.2) is 0 Å². The first-order chi connectivity index (χ1) is 13.2. The van der Waals surface area contributed by atoms with E-state index in [4.69, 9.17) is 0 Å². The smallest absolute Gasteiger partial charge is 0.253 e. The second-order valence-corrected chi connectivity index (χ2v) is 7.12. The molecule has 1 heterocycles. The minimum absolute atomic E-state index is 0.145. The molecular weight excluding hydrogens is 338 g/mol. The van der Waals surface area contributed by atoms with E-state index in [-0.39, 0.29) is 17.9 Å². The molecule has 1 fully saturated rings. The summed E-state index contributed by atoms with van der Waals surface area (Å²) in [6, 6.07) is 11.9. The molecule has 1 aliphatic carbocycles. The van der Waals surface area contributed by atoms with Gasteiger partial charge in [0.1, 0.15) is 0 Å². The highest BCUT2D eigenvalue weighted by molar-refractivity contribution is 5.99. The molecular formula is C22H27N3O2. The zero-order valence-corrected chi connectivity index (χ0v) is 15.6. The van der Waals surface area contributed by atoms with Crippen molar-refractivity contribution in [2.75, 3.05) is 6.54 Å². The highest BCUT2D eigenvalue weighted by atomic mass is 16.2. The van der Waals surface area contributed by atoms with Crippen molar-refractivity contribution in [1.29, 1.82) is 0 Å². The summed E-state index contributed by atoms with van der Waals surface area (Å²) in [4.78, 5) is 29.0. The molecule has 5 nitrogen and oxygen atoms in total. The van der Waals surface area contributed by atoms with Gasteiger partial charge in [-0.15, -0.1) is 0 Å². The minimum Gasteiger partial charge on any atom is -0.352 e. The van der Waals surface area contributed by atoms with Gasteiger partial charge in [0.2, 0.25) is 0 Å². The predicted molar refractivity (Wildman–Crippen MR) is 106 cm³/mol. The average molecular weight is 365 g/mol. The Labute approximate surface area is 160 Å². The summed E-state index contributed by atoms with van der Waals surface area (Å²) in [6.45, 7) is 0.543. The molecule has 5 heteroatoms. The Morgan fingerprint density at radius 2 is 1.59 bits per heavy atom. The van der Waals surface area contributed by atoms with Gasteiger partial charge in [-0.25, -0.2) is 0 Å². The first kappa shape index (κ1) is 19.1. The van der Waals surface area contributed by atoms with Crippen LogP contribution in [0.4, 0.5) is 0 Å². The van der Waals surface area contributed by atoms with E-state index in [1.165, 1.54) is 30.8 Å². The molecule has 0 atom stereocenters. The quantitative estimate of drug-likeness (QED) is 0.770. The summed E-state index contributed by atoms with van der Waals surface area (Å²) in [5.41, 5.74) is 2.03. The topological polar surface area (TPSA) is 71.1 Å². The van der Waals surface area contributed by atoms with E-state index in [9.17, 15) is 9.59 Å². The van der Waals surface area contributed by atoms with Gasteiger partial charge < -0.3 is 10.6 Å². The van der Waals surface area contributed by atoms with Crippen molar-refractivity contribution in [3.8, 4) is 0 Å². The van der Waals surface area contributed by atoms with Gasteiger partial charge in [-0.1, -0.05) is 56.0 Å². The van der Waals surface area contributed by atoms with E-state index < -0.39 is 0 Å². The van der Waals surface area contributed by atoms with Gasteiger partial charge in [0.25, 0.3) is 11.8 Å². The van der Waals surface area contributed by atoms with Crippen LogP contribution < -0.4 is 10.6 Å². The number of hydrogen-bond donors (Lipinski definition) is 2. The van der Waals surface area contributed by atoms with Gasteiger partial charge in [-0.3, -0.25) is 14.6 Å². The monoisotopic (exact) mass is 365 g/mol. The van der Waals surface area contributed by atoms with Crippen molar-refractivity contribution in [3.05, 3.63) is 65.5 Å². The third-order valence-corrected chi connectivity index (χ3v) is 5.00. The molecule has 3 rings (SSSR count). The molecule has 0 aliphatic heterocycles. The summed E-state index contributed by atoms with van der Waals surface area (Å²) < 4.78 is 0. The number of amides is 2. The average Bonchev–Trinajstić information content (AvgIpc) is 2.97. The van der Waals surface area contributed by atoms with Crippen LogP contribution in [0, 0.1) is 0 Å². The summed E-state index contributed by atoms with van der Waals surface area (Å²) in [5.74, 6) is -0.351. The number of hydrogen-bond acceptors (Lipinski definition) is 3. The Bertz CT molecular complexity index is 753. The van der Waals surface area contributed by atoms with Crippen molar-refractivity contribution in [1.82, 2.24) is 15.6 Å². The number of benzene rings is 1. The molecule has 2 aromatic rings. The molecule has 0 unspecified atom stereocenters. The lowest BCUT2D eigenvalue weighted by Crippen LogP contribution is -2.34. The van der Waals surface area contributed by atoms with Crippen LogP contribution in [0.1, 0.15) is 64.8 Å². The van der Waals surface area contributed by atoms with E-state index in [0.29, 0.717) is 17.7 Å². The maximum atomic E-state index is 12.5. The van der Waals surface area contributed by atoms with Crippen LogP contribution in [-0.4, -0.2) is 29.4 Å². The number of pyridine rings is 1. The summed E-state index contributed by atoms with van der Waals surface area (Å²) >= 11 is 0. The molecule has 1 aliphatic rings. The Kier molecular flexibility index (Phi) is 6.97. The largest absolute Gasteiger partial charge is 0.352 e. The van der Waals surface area contributed by atoms with Gasteiger partial charge in [0, 0.05) is 25.0 Å². The Morgan fingerprint density at radius 3 is 2.30 bits per heavy atom. The van der Waals surface area contributed by atoms with E-state index >= 15 is 0 Å². The number of carbonyl (C=O) groups is 2. The second-order valence-electron chi connectivity index (χ2n) is 7.12. The summed E-state index contributed by atoms with van der Waals surface area (Å²) in [5, 5.41) is 5.99. The molecule has 2 amide bonds. The molecule has 0 spiro atoms. The van der Waals surface area contributed by atoms with E-state index in [2.05, 4.69) is 15.6 Å². The van der Waals surface area contributed by atoms with Crippen molar-refractivity contribution in [2.24, 2.45) is 0 Å². The third kappa shape index (κ3) is 5.91. The third-order valence-electron chi connectivity index (χ3n) is 5.00. The van der Waals surface area contributed by atoms with Crippen molar-refractivity contribution >= 4 is 11.8 Å². The number of nitrogens with one attached hydrogen (secondary N) is 2. The van der Waals surface area contributed by atoms with Crippen LogP contribution in [0.5, 0.6) is 0 Å². The fraction of sp³-hybridized carbons (Fsp3) is 0.409. The molecule has 0 bridgehead atoms. The molecule has 1 aromatic heterocycles. The maximum Gasteiger partial charge on any atom is 0.253 e. The predicted octanol–water partition coefficient (Wildman–Crippen LogP) is 3.51. The minimum atomic E-state index is -0.206. The van der Waals surface area contributed by atoms with E-state index in [1.54, 1.807) is 6.07 Å². The lowest BCUT2D eigenvalue weighted by molar-refractivity contribution is 0.0933. The Morgan fingerprint density at radius 1 is 0.926 bits per heavy atom. The van der Waals surface area contributed by atoms with Crippen molar-refractivity contribution in [2.45, 2.75) is 51.0 Å². The van der Waals surface area contributed by atoms with Gasteiger partial charge in [-0.05, 0) is 30.9 Å². The number of rotatable bonds is 6. The van der Waals surface area contributed by atoms with Crippen LogP contribution in [0.25, 0.3) is 0 Å². The zero-order valence-electron chi connectivity index (χ0n) is 15.6. The molecule has 0 radical (unpaired) electrons. The lowest BCUT2D eigenvalue weighted by Gasteiger charge is -2.16. The highest BCUT2D eigenvalue weighted by Crippen LogP contribution is 2.17. The van der Waals surface area contributed by atoms with Crippen molar-refractivity contribution in [3.63, 3.8) is 0 Å². The first-order valence-electron chi connectivity index (χ1n) is 9.80. The fourth-order valence-corrected chi connectivity index (χ4v) is 3.45. The first-order valence-corrected chi connectivity index (χ1v) is 9.80. The second kappa shape index (κ2) is 9.86. The molecule has 142 valence electrons. The molecule has 2 N–H and O–H groups in total. The molecule has 27 heavy (non-hydrogen) atoms.